The molecular formula is C17H17ClFN3O. The maximum absolute atomic E-state index is 13.7. The first kappa shape index (κ1) is 15.9. The Kier molecular flexibility index (Phi) is 4.61. The molecule has 2 aromatic rings. The molecule has 3 N–H and O–H groups in total. The molecule has 0 aromatic heterocycles. The summed E-state index contributed by atoms with van der Waals surface area (Å²) in [6.45, 7) is 2.01. The normalized spacial score (nSPS) is 23.7. The minimum atomic E-state index is -0.539. The number of rotatable bonds is 3. The summed E-state index contributed by atoms with van der Waals surface area (Å²) in [6.07, 6.45) is -0.365. The van der Waals surface area contributed by atoms with Gasteiger partial charge in [0.1, 0.15) is 12.0 Å². The lowest BCUT2D eigenvalue weighted by molar-refractivity contribution is 0.0924. The Morgan fingerprint density at radius 2 is 1.96 bits per heavy atom. The Morgan fingerprint density at radius 3 is 2.70 bits per heavy atom. The molecule has 1 amide bonds. The highest BCUT2D eigenvalue weighted by molar-refractivity contribution is 6.30. The van der Waals surface area contributed by atoms with Crippen LogP contribution in [0.1, 0.15) is 28.8 Å². The van der Waals surface area contributed by atoms with Crippen LogP contribution in [0.3, 0.4) is 0 Å². The highest BCUT2D eigenvalue weighted by Crippen LogP contribution is 2.28. The van der Waals surface area contributed by atoms with Crippen LogP contribution in [0.15, 0.2) is 48.5 Å². The van der Waals surface area contributed by atoms with Crippen LogP contribution in [-0.2, 0) is 0 Å². The maximum atomic E-state index is 13.7. The van der Waals surface area contributed by atoms with Crippen LogP contribution in [0, 0.1) is 5.82 Å². The molecule has 0 saturated carbocycles. The van der Waals surface area contributed by atoms with E-state index >= 15 is 0 Å². The van der Waals surface area contributed by atoms with Crippen LogP contribution >= 0.6 is 11.6 Å². The zero-order chi connectivity index (χ0) is 16.4. The second-order valence-electron chi connectivity index (χ2n) is 5.59. The summed E-state index contributed by atoms with van der Waals surface area (Å²) in [4.78, 5) is 12.3. The van der Waals surface area contributed by atoms with Gasteiger partial charge in [0.25, 0.3) is 5.91 Å². The fourth-order valence-corrected chi connectivity index (χ4v) is 3.07. The third-order valence-electron chi connectivity index (χ3n) is 4.00. The monoisotopic (exact) mass is 333 g/mol. The largest absolute Gasteiger partial charge is 0.335 e. The van der Waals surface area contributed by atoms with Crippen molar-refractivity contribution in [3.05, 3.63) is 70.5 Å². The lowest BCUT2D eigenvalue weighted by atomic mass is 9.91. The van der Waals surface area contributed by atoms with Crippen LogP contribution in [0.5, 0.6) is 0 Å². The van der Waals surface area contributed by atoms with E-state index in [1.54, 1.807) is 18.2 Å². The predicted molar refractivity (Wildman–Crippen MR) is 87.6 cm³/mol. The lowest BCUT2D eigenvalue weighted by Crippen LogP contribution is -2.46. The van der Waals surface area contributed by atoms with Gasteiger partial charge < -0.3 is 5.32 Å². The third kappa shape index (κ3) is 3.37. The van der Waals surface area contributed by atoms with E-state index in [1.807, 2.05) is 25.1 Å². The van der Waals surface area contributed by atoms with Gasteiger partial charge in [0.05, 0.1) is 5.56 Å². The van der Waals surface area contributed by atoms with Gasteiger partial charge in [-0.15, -0.1) is 0 Å². The quantitative estimate of drug-likeness (QED) is 0.809. The molecule has 1 heterocycles. The number of halogens is 2. The second-order valence-corrected chi connectivity index (χ2v) is 6.03. The van der Waals surface area contributed by atoms with Crippen molar-refractivity contribution in [3.63, 3.8) is 0 Å². The second kappa shape index (κ2) is 6.66. The van der Waals surface area contributed by atoms with E-state index < -0.39 is 11.7 Å². The van der Waals surface area contributed by atoms with Gasteiger partial charge in [-0.05, 0) is 36.8 Å². The van der Waals surface area contributed by atoms with Gasteiger partial charge in [0.2, 0.25) is 0 Å². The summed E-state index contributed by atoms with van der Waals surface area (Å²) < 4.78 is 13.7. The van der Waals surface area contributed by atoms with Gasteiger partial charge in [-0.1, -0.05) is 35.9 Å². The number of benzene rings is 2. The number of hydrazine groups is 1. The van der Waals surface area contributed by atoms with Gasteiger partial charge in [-0.3, -0.25) is 10.2 Å². The van der Waals surface area contributed by atoms with Crippen molar-refractivity contribution in [2.75, 3.05) is 0 Å². The Morgan fingerprint density at radius 1 is 1.17 bits per heavy atom. The third-order valence-corrected chi connectivity index (χ3v) is 4.24. The molecule has 1 fully saturated rings. The zero-order valence-corrected chi connectivity index (χ0v) is 13.3. The van der Waals surface area contributed by atoms with E-state index in [4.69, 9.17) is 11.6 Å². The van der Waals surface area contributed by atoms with Gasteiger partial charge in [0, 0.05) is 17.0 Å². The topological polar surface area (TPSA) is 53.2 Å². The van der Waals surface area contributed by atoms with Crippen LogP contribution in [0.2, 0.25) is 5.02 Å². The fourth-order valence-electron chi connectivity index (χ4n) is 2.87. The standard InChI is InChI=1S/C17H17ClFN3O/c1-10-15(11-5-4-6-12(18)9-11)16(22-21-10)20-17(23)13-7-2-3-8-14(13)19/h2-10,15-16,21-22H,1H3,(H,20,23). The van der Waals surface area contributed by atoms with E-state index in [-0.39, 0.29) is 23.7 Å². The highest BCUT2D eigenvalue weighted by Gasteiger charge is 2.35. The molecule has 1 aliphatic heterocycles. The Bertz CT molecular complexity index is 724. The maximum Gasteiger partial charge on any atom is 0.255 e. The summed E-state index contributed by atoms with van der Waals surface area (Å²) in [5.41, 5.74) is 7.18. The summed E-state index contributed by atoms with van der Waals surface area (Å²) >= 11 is 6.06. The molecule has 6 heteroatoms. The molecule has 3 atom stereocenters. The van der Waals surface area contributed by atoms with Crippen molar-refractivity contribution in [2.24, 2.45) is 0 Å². The van der Waals surface area contributed by atoms with Crippen molar-refractivity contribution in [1.82, 2.24) is 16.2 Å². The molecule has 1 aliphatic rings. The smallest absolute Gasteiger partial charge is 0.255 e. The number of hydrogen-bond donors (Lipinski definition) is 3. The van der Waals surface area contributed by atoms with Crippen molar-refractivity contribution < 1.29 is 9.18 Å². The first-order valence-electron chi connectivity index (χ1n) is 7.38. The molecular weight excluding hydrogens is 317 g/mol. The molecule has 0 aliphatic carbocycles. The minimum absolute atomic E-state index is 0.0237. The van der Waals surface area contributed by atoms with Crippen molar-refractivity contribution in [3.8, 4) is 0 Å². The molecule has 0 bridgehead atoms. The van der Waals surface area contributed by atoms with E-state index in [2.05, 4.69) is 16.2 Å². The molecule has 3 rings (SSSR count). The van der Waals surface area contributed by atoms with Crippen molar-refractivity contribution in [1.29, 1.82) is 0 Å². The highest BCUT2D eigenvalue weighted by atomic mass is 35.5. The number of carbonyl (C=O) groups is 1. The number of nitrogens with one attached hydrogen (secondary N) is 3. The van der Waals surface area contributed by atoms with Crippen LogP contribution in [0.4, 0.5) is 4.39 Å². The average molecular weight is 334 g/mol. The number of amides is 1. The summed E-state index contributed by atoms with van der Waals surface area (Å²) in [6, 6.07) is 13.5. The molecule has 3 unspecified atom stereocenters. The Balaban J connectivity index is 1.81. The predicted octanol–water partition coefficient (Wildman–Crippen LogP) is 2.82. The molecule has 2 aromatic carbocycles. The lowest BCUT2D eigenvalue weighted by Gasteiger charge is -2.22. The molecule has 1 saturated heterocycles. The van der Waals surface area contributed by atoms with Gasteiger partial charge in [0.15, 0.2) is 0 Å². The van der Waals surface area contributed by atoms with Gasteiger partial charge in [-0.25, -0.2) is 9.82 Å². The average Bonchev–Trinajstić information content (AvgIpc) is 2.88. The van der Waals surface area contributed by atoms with Crippen LogP contribution < -0.4 is 16.2 Å². The summed E-state index contributed by atoms with van der Waals surface area (Å²) in [5, 5.41) is 3.48. The first-order valence-corrected chi connectivity index (χ1v) is 7.76. The number of hydrogen-bond acceptors (Lipinski definition) is 3. The Hall–Kier alpha value is -1.95. The van der Waals surface area contributed by atoms with Crippen molar-refractivity contribution in [2.45, 2.75) is 25.0 Å². The first-order chi connectivity index (χ1) is 11.1. The molecule has 23 heavy (non-hydrogen) atoms. The minimum Gasteiger partial charge on any atom is -0.335 e. The summed E-state index contributed by atoms with van der Waals surface area (Å²) in [5.74, 6) is -1.02. The van der Waals surface area contributed by atoms with Crippen LogP contribution in [-0.4, -0.2) is 18.1 Å². The van der Waals surface area contributed by atoms with E-state index in [9.17, 15) is 9.18 Å². The van der Waals surface area contributed by atoms with E-state index in [1.165, 1.54) is 12.1 Å². The molecule has 0 spiro atoms. The zero-order valence-electron chi connectivity index (χ0n) is 12.5. The van der Waals surface area contributed by atoms with Gasteiger partial charge >= 0.3 is 0 Å². The molecule has 120 valence electrons. The Labute approximate surface area is 139 Å². The van der Waals surface area contributed by atoms with Gasteiger partial charge in [-0.2, -0.15) is 0 Å². The molecule has 0 radical (unpaired) electrons. The molecule has 4 nitrogen and oxygen atoms in total. The number of carbonyl (C=O) groups excluding carboxylic acids is 1. The fraction of sp³-hybridized carbons (Fsp3) is 0.235. The summed E-state index contributed by atoms with van der Waals surface area (Å²) in [7, 11) is 0. The van der Waals surface area contributed by atoms with E-state index in [0.29, 0.717) is 5.02 Å². The van der Waals surface area contributed by atoms with E-state index in [0.717, 1.165) is 5.56 Å². The SMILES string of the molecule is CC1NNC(NC(=O)c2ccccc2F)C1c1cccc(Cl)c1. The van der Waals surface area contributed by atoms with Crippen LogP contribution in [0.25, 0.3) is 0 Å². The van der Waals surface area contributed by atoms with Crippen molar-refractivity contribution >= 4 is 17.5 Å².